The van der Waals surface area contributed by atoms with Gasteiger partial charge in [0.2, 0.25) is 0 Å². The number of rotatable bonds is 13. The maximum Gasteiger partial charge on any atom is 0.410 e. The lowest BCUT2D eigenvalue weighted by Gasteiger charge is -2.25. The van der Waals surface area contributed by atoms with Crippen LogP contribution in [0.2, 0.25) is 35.7 Å². The molecular formula is C27H44Cl2N2O6Si. The van der Waals surface area contributed by atoms with Gasteiger partial charge in [-0.15, -0.1) is 0 Å². The molecule has 1 heterocycles. The summed E-state index contributed by atoms with van der Waals surface area (Å²) in [5.41, 5.74) is 0.0846. The summed E-state index contributed by atoms with van der Waals surface area (Å²) < 4.78 is 22.4. The Morgan fingerprint density at radius 2 is 1.92 bits per heavy atom. The molecule has 1 amide bonds. The van der Waals surface area contributed by atoms with Crippen LogP contribution in [0, 0.1) is 0 Å². The van der Waals surface area contributed by atoms with Crippen LogP contribution < -0.4 is 10.1 Å². The molecule has 0 saturated carbocycles. The summed E-state index contributed by atoms with van der Waals surface area (Å²) in [6.07, 6.45) is 0.534. The van der Waals surface area contributed by atoms with E-state index in [1.165, 1.54) is 0 Å². The number of likely N-dealkylation sites (tertiary alicyclic amines) is 1. The third kappa shape index (κ3) is 11.3. The molecule has 8 nitrogen and oxygen atoms in total. The van der Waals surface area contributed by atoms with Gasteiger partial charge in [0.15, 0.2) is 6.79 Å². The SMILES string of the molecule is CCOC(=O)CC(CNC1CCN(C(=O)OC(C)(C)C)C1)c1c(OCOCC[Si](C)(C)C)ccc(Cl)c1Cl. The van der Waals surface area contributed by atoms with Crippen molar-refractivity contribution in [3.05, 3.63) is 27.7 Å². The monoisotopic (exact) mass is 590 g/mol. The third-order valence-electron chi connectivity index (χ3n) is 6.01. The lowest BCUT2D eigenvalue weighted by atomic mass is 9.94. The molecule has 1 aromatic rings. The molecule has 1 fully saturated rings. The largest absolute Gasteiger partial charge is 0.467 e. The number of benzene rings is 1. The molecule has 1 aromatic carbocycles. The van der Waals surface area contributed by atoms with Crippen molar-refractivity contribution in [3.63, 3.8) is 0 Å². The van der Waals surface area contributed by atoms with Gasteiger partial charge in [0.1, 0.15) is 11.4 Å². The average Bonchev–Trinajstić information content (AvgIpc) is 3.27. The zero-order chi connectivity index (χ0) is 28.5. The minimum Gasteiger partial charge on any atom is -0.467 e. The molecule has 0 bridgehead atoms. The Balaban J connectivity index is 2.13. The number of esters is 1. The maximum atomic E-state index is 12.5. The summed E-state index contributed by atoms with van der Waals surface area (Å²) >= 11 is 13.1. The molecule has 2 rings (SSSR count). The van der Waals surface area contributed by atoms with Crippen molar-refractivity contribution in [3.8, 4) is 5.75 Å². The van der Waals surface area contributed by atoms with Crippen LogP contribution in [0.1, 0.15) is 52.0 Å². The van der Waals surface area contributed by atoms with Crippen molar-refractivity contribution in [1.82, 2.24) is 10.2 Å². The molecule has 0 radical (unpaired) electrons. The molecule has 38 heavy (non-hydrogen) atoms. The van der Waals surface area contributed by atoms with Crippen LogP contribution in [0.15, 0.2) is 12.1 Å². The van der Waals surface area contributed by atoms with Crippen LogP contribution in [0.4, 0.5) is 4.79 Å². The molecule has 0 aromatic heterocycles. The summed E-state index contributed by atoms with van der Waals surface area (Å²) in [7, 11) is -1.22. The smallest absolute Gasteiger partial charge is 0.410 e. The van der Waals surface area contributed by atoms with Gasteiger partial charge in [-0.3, -0.25) is 4.79 Å². The van der Waals surface area contributed by atoms with Crippen LogP contribution in [0.25, 0.3) is 0 Å². The van der Waals surface area contributed by atoms with Crippen molar-refractivity contribution in [1.29, 1.82) is 0 Å². The maximum absolute atomic E-state index is 12.5. The molecule has 11 heteroatoms. The van der Waals surface area contributed by atoms with Gasteiger partial charge >= 0.3 is 12.1 Å². The predicted octanol–water partition coefficient (Wildman–Crippen LogP) is 6.32. The zero-order valence-corrected chi connectivity index (χ0v) is 26.3. The van der Waals surface area contributed by atoms with Gasteiger partial charge < -0.3 is 29.2 Å². The van der Waals surface area contributed by atoms with Crippen LogP contribution in [0.5, 0.6) is 5.75 Å². The van der Waals surface area contributed by atoms with Crippen LogP contribution in [0.3, 0.4) is 0 Å². The lowest BCUT2D eigenvalue weighted by molar-refractivity contribution is -0.143. The van der Waals surface area contributed by atoms with Gasteiger partial charge in [-0.2, -0.15) is 0 Å². The van der Waals surface area contributed by atoms with Crippen molar-refractivity contribution in [2.75, 3.05) is 39.6 Å². The Bertz CT molecular complexity index is 935. The summed E-state index contributed by atoms with van der Waals surface area (Å²) in [6, 6.07) is 4.50. The molecule has 216 valence electrons. The summed E-state index contributed by atoms with van der Waals surface area (Å²) in [6.45, 7) is 16.7. The molecular weight excluding hydrogens is 547 g/mol. The molecule has 0 spiro atoms. The number of amides is 1. The van der Waals surface area contributed by atoms with E-state index in [0.717, 1.165) is 12.5 Å². The second kappa shape index (κ2) is 14.7. The van der Waals surface area contributed by atoms with E-state index in [2.05, 4.69) is 25.0 Å². The van der Waals surface area contributed by atoms with Crippen molar-refractivity contribution >= 4 is 43.3 Å². The fourth-order valence-electron chi connectivity index (χ4n) is 4.02. The van der Waals surface area contributed by atoms with E-state index in [1.807, 2.05) is 20.8 Å². The van der Waals surface area contributed by atoms with E-state index in [1.54, 1.807) is 24.0 Å². The first-order chi connectivity index (χ1) is 17.7. The topological polar surface area (TPSA) is 86.3 Å². The van der Waals surface area contributed by atoms with E-state index < -0.39 is 13.7 Å². The van der Waals surface area contributed by atoms with Crippen molar-refractivity contribution in [2.45, 2.75) is 83.8 Å². The quantitative estimate of drug-likeness (QED) is 0.124. The molecule has 2 unspecified atom stereocenters. The van der Waals surface area contributed by atoms with Gasteiger partial charge in [0.25, 0.3) is 0 Å². The Kier molecular flexibility index (Phi) is 12.7. The number of ether oxygens (including phenoxy) is 4. The van der Waals surface area contributed by atoms with Gasteiger partial charge in [-0.25, -0.2) is 4.79 Å². The number of hydrogen-bond acceptors (Lipinski definition) is 7. The Morgan fingerprint density at radius 3 is 2.55 bits per heavy atom. The molecule has 0 aliphatic carbocycles. The first-order valence-electron chi connectivity index (χ1n) is 13.3. The molecule has 1 saturated heterocycles. The minimum absolute atomic E-state index is 0.0411. The van der Waals surface area contributed by atoms with Gasteiger partial charge in [-0.1, -0.05) is 42.8 Å². The molecule has 1 aliphatic rings. The molecule has 1 aliphatic heterocycles. The predicted molar refractivity (Wildman–Crippen MR) is 154 cm³/mol. The number of nitrogens with zero attached hydrogens (tertiary/aromatic N) is 1. The highest BCUT2D eigenvalue weighted by atomic mass is 35.5. The number of carbonyl (C=O) groups excluding carboxylic acids is 2. The van der Waals surface area contributed by atoms with E-state index in [4.69, 9.17) is 42.1 Å². The highest BCUT2D eigenvalue weighted by Crippen LogP contribution is 2.40. The van der Waals surface area contributed by atoms with Crippen LogP contribution in [-0.2, 0) is 19.0 Å². The fraction of sp³-hybridized carbons (Fsp3) is 0.704. The molecule has 1 N–H and O–H groups in total. The average molecular weight is 592 g/mol. The first kappa shape index (κ1) is 32.7. The second-order valence-electron chi connectivity index (χ2n) is 11.8. The van der Waals surface area contributed by atoms with Gasteiger partial charge in [-0.05, 0) is 52.3 Å². The second-order valence-corrected chi connectivity index (χ2v) is 18.2. The van der Waals surface area contributed by atoms with E-state index in [9.17, 15) is 9.59 Å². The lowest BCUT2D eigenvalue weighted by Crippen LogP contribution is -2.39. The van der Waals surface area contributed by atoms with E-state index >= 15 is 0 Å². The number of carbonyl (C=O) groups is 2. The summed E-state index contributed by atoms with van der Waals surface area (Å²) in [5.74, 6) is -0.187. The van der Waals surface area contributed by atoms with Crippen molar-refractivity contribution in [2.24, 2.45) is 0 Å². The number of halogens is 2. The standard InChI is InChI=1S/C27H44Cl2N2O6Si/c1-8-35-23(32)15-19(16-30-20-11-12-31(17-20)26(33)37-27(2,3)4)24-22(10-9-21(28)25(24)29)36-18-34-13-14-38(5,6)7/h9-10,19-20,30H,8,11-18H2,1-7H3. The molecule has 2 atom stereocenters. The Labute approximate surface area is 238 Å². The normalized spacial score (nSPS) is 16.9. The fourth-order valence-corrected chi connectivity index (χ4v) is 5.25. The van der Waals surface area contributed by atoms with E-state index in [-0.39, 0.29) is 43.8 Å². The number of hydrogen-bond donors (Lipinski definition) is 1. The minimum atomic E-state index is -1.22. The highest BCUT2D eigenvalue weighted by Gasteiger charge is 2.31. The van der Waals surface area contributed by atoms with Crippen molar-refractivity contribution < 1.29 is 28.5 Å². The third-order valence-corrected chi connectivity index (χ3v) is 8.53. The van der Waals surface area contributed by atoms with Gasteiger partial charge in [0.05, 0.1) is 23.1 Å². The summed E-state index contributed by atoms with van der Waals surface area (Å²) in [5, 5.41) is 4.21. The van der Waals surface area contributed by atoms with Gasteiger partial charge in [0, 0.05) is 51.8 Å². The zero-order valence-electron chi connectivity index (χ0n) is 23.8. The Hall–Kier alpha value is -1.52. The van der Waals surface area contributed by atoms with E-state index in [0.29, 0.717) is 47.6 Å². The highest BCUT2D eigenvalue weighted by molar-refractivity contribution is 6.76. The van der Waals surface area contributed by atoms with Crippen LogP contribution >= 0.6 is 23.2 Å². The summed E-state index contributed by atoms with van der Waals surface area (Å²) in [4.78, 5) is 26.7. The van der Waals surface area contributed by atoms with Crippen LogP contribution in [-0.4, -0.2) is 76.3 Å². The number of nitrogens with one attached hydrogen (secondary N) is 1. The first-order valence-corrected chi connectivity index (χ1v) is 17.7. The Morgan fingerprint density at radius 1 is 1.21 bits per heavy atom.